The van der Waals surface area contributed by atoms with E-state index >= 15 is 0 Å². The topological polar surface area (TPSA) is 17.1 Å². The van der Waals surface area contributed by atoms with Crippen LogP contribution in [-0.2, 0) is 4.79 Å². The monoisotopic (exact) mass is 160 g/mol. The number of carbonyl (C=O) groups excluding carboxylic acids is 1. The fraction of sp³-hybridized carbons (Fsp3) is 0.625. The van der Waals surface area contributed by atoms with Crippen molar-refractivity contribution in [3.05, 3.63) is 12.7 Å². The lowest BCUT2D eigenvalue weighted by Crippen LogP contribution is -2.10. The first-order valence-corrected chi connectivity index (χ1v) is 3.95. The number of ketones is 1. The van der Waals surface area contributed by atoms with E-state index in [0.29, 0.717) is 6.42 Å². The van der Waals surface area contributed by atoms with Crippen molar-refractivity contribution in [1.29, 1.82) is 0 Å². The van der Waals surface area contributed by atoms with Crippen molar-refractivity contribution in [3.8, 4) is 0 Å². The lowest BCUT2D eigenvalue weighted by Gasteiger charge is -2.00. The van der Waals surface area contributed by atoms with Crippen molar-refractivity contribution in [2.24, 2.45) is 0 Å². The minimum atomic E-state index is -0.480. The number of Topliss-reactive ketones (excluding diaryl/α,β-unsaturated/α-hetero) is 1. The van der Waals surface area contributed by atoms with Gasteiger partial charge in [0.05, 0.1) is 0 Å². The molecule has 0 heterocycles. The second-order valence-electron chi connectivity index (χ2n) is 2.21. The molecule has 0 radical (unpaired) electrons. The molecule has 0 N–H and O–H groups in total. The zero-order valence-corrected chi connectivity index (χ0v) is 7.03. The maximum Gasteiger partial charge on any atom is 0.154 e. The predicted octanol–water partition coefficient (Wildman–Crippen LogP) is 2.54. The van der Waals surface area contributed by atoms with Gasteiger partial charge in [-0.1, -0.05) is 19.4 Å². The Hall–Kier alpha value is -0.300. The molecular weight excluding hydrogens is 148 g/mol. The second kappa shape index (κ2) is 5.48. The van der Waals surface area contributed by atoms with Crippen LogP contribution in [0.3, 0.4) is 0 Å². The molecule has 0 saturated heterocycles. The van der Waals surface area contributed by atoms with Crippen LogP contribution in [0.25, 0.3) is 0 Å². The number of carbonyl (C=O) groups is 1. The molecule has 0 aromatic carbocycles. The van der Waals surface area contributed by atoms with Crippen molar-refractivity contribution >= 4 is 17.4 Å². The Morgan fingerprint density at radius 2 is 2.40 bits per heavy atom. The first kappa shape index (κ1) is 9.70. The maximum absolute atomic E-state index is 10.9. The zero-order valence-electron chi connectivity index (χ0n) is 6.27. The van der Waals surface area contributed by atoms with Gasteiger partial charge in [0, 0.05) is 6.42 Å². The van der Waals surface area contributed by atoms with E-state index in [-0.39, 0.29) is 5.78 Å². The number of allylic oxidation sites excluding steroid dienone is 1. The summed E-state index contributed by atoms with van der Waals surface area (Å²) in [7, 11) is 0. The van der Waals surface area contributed by atoms with Gasteiger partial charge in [-0.15, -0.1) is 18.2 Å². The van der Waals surface area contributed by atoms with E-state index in [1.165, 1.54) is 6.08 Å². The summed E-state index contributed by atoms with van der Waals surface area (Å²) in [4.78, 5) is 10.9. The molecule has 10 heavy (non-hydrogen) atoms. The third-order valence-electron chi connectivity index (χ3n) is 1.29. The molecule has 1 unspecified atom stereocenters. The zero-order chi connectivity index (χ0) is 7.98. The normalized spacial score (nSPS) is 12.6. The highest BCUT2D eigenvalue weighted by molar-refractivity contribution is 6.32. The van der Waals surface area contributed by atoms with E-state index in [2.05, 4.69) is 6.58 Å². The summed E-state index contributed by atoms with van der Waals surface area (Å²) in [5.41, 5.74) is 0. The van der Waals surface area contributed by atoms with E-state index in [4.69, 9.17) is 11.6 Å². The van der Waals surface area contributed by atoms with Crippen LogP contribution in [0.5, 0.6) is 0 Å². The Morgan fingerprint density at radius 3 is 2.80 bits per heavy atom. The molecule has 0 aromatic rings. The average Bonchev–Trinajstić information content (AvgIpc) is 1.98. The predicted molar refractivity (Wildman–Crippen MR) is 44.4 cm³/mol. The minimum Gasteiger partial charge on any atom is -0.298 e. The highest BCUT2D eigenvalue weighted by Gasteiger charge is 2.08. The van der Waals surface area contributed by atoms with E-state index in [9.17, 15) is 4.79 Å². The van der Waals surface area contributed by atoms with Crippen LogP contribution in [-0.4, -0.2) is 11.2 Å². The Kier molecular flexibility index (Phi) is 5.32. The number of rotatable bonds is 5. The molecule has 0 bridgehead atoms. The van der Waals surface area contributed by atoms with Gasteiger partial charge in [-0.2, -0.15) is 0 Å². The average molecular weight is 161 g/mol. The lowest BCUT2D eigenvalue weighted by molar-refractivity contribution is -0.118. The Balaban J connectivity index is 3.51. The van der Waals surface area contributed by atoms with Crippen molar-refractivity contribution in [2.45, 2.75) is 31.6 Å². The highest BCUT2D eigenvalue weighted by Crippen LogP contribution is 2.05. The molecule has 0 spiro atoms. The van der Waals surface area contributed by atoms with Gasteiger partial charge < -0.3 is 0 Å². The Bertz CT molecular complexity index is 120. The molecule has 0 aliphatic heterocycles. The van der Waals surface area contributed by atoms with Crippen molar-refractivity contribution in [2.75, 3.05) is 0 Å². The fourth-order valence-electron chi connectivity index (χ4n) is 0.620. The van der Waals surface area contributed by atoms with Crippen LogP contribution in [0.2, 0.25) is 0 Å². The van der Waals surface area contributed by atoms with E-state index in [0.717, 1.165) is 12.8 Å². The van der Waals surface area contributed by atoms with Crippen molar-refractivity contribution in [1.82, 2.24) is 0 Å². The summed E-state index contributed by atoms with van der Waals surface area (Å²) in [6.45, 7) is 5.48. The molecule has 0 amide bonds. The third kappa shape index (κ3) is 3.67. The summed E-state index contributed by atoms with van der Waals surface area (Å²) in [6, 6.07) is 0. The smallest absolute Gasteiger partial charge is 0.154 e. The van der Waals surface area contributed by atoms with Gasteiger partial charge in [-0.05, 0) is 6.42 Å². The van der Waals surface area contributed by atoms with Crippen molar-refractivity contribution in [3.63, 3.8) is 0 Å². The Labute approximate surface area is 67.1 Å². The molecule has 0 fully saturated rings. The van der Waals surface area contributed by atoms with Gasteiger partial charge in [0.2, 0.25) is 0 Å². The molecule has 0 aliphatic rings. The molecule has 0 rings (SSSR count). The molecular formula is C8H13ClO. The summed E-state index contributed by atoms with van der Waals surface area (Å²) < 4.78 is 0. The van der Waals surface area contributed by atoms with Gasteiger partial charge in [0.25, 0.3) is 0 Å². The SMILES string of the molecule is C=CC(Cl)C(=O)CCCC. The molecule has 1 nitrogen and oxygen atoms in total. The van der Waals surface area contributed by atoms with Crippen LogP contribution < -0.4 is 0 Å². The lowest BCUT2D eigenvalue weighted by atomic mass is 10.1. The standard InChI is InChI=1S/C8H13ClO/c1-3-5-6-8(10)7(9)4-2/h4,7H,2-3,5-6H2,1H3. The number of unbranched alkanes of at least 4 members (excludes halogenated alkanes) is 1. The summed E-state index contributed by atoms with van der Waals surface area (Å²) in [5, 5.41) is -0.480. The molecule has 0 saturated carbocycles. The number of alkyl halides is 1. The fourth-order valence-corrected chi connectivity index (χ4v) is 0.729. The van der Waals surface area contributed by atoms with Crippen LogP contribution >= 0.6 is 11.6 Å². The van der Waals surface area contributed by atoms with E-state index in [1.807, 2.05) is 6.92 Å². The minimum absolute atomic E-state index is 0.0820. The first-order chi connectivity index (χ1) is 4.72. The summed E-state index contributed by atoms with van der Waals surface area (Å²) in [6.07, 6.45) is 4.01. The first-order valence-electron chi connectivity index (χ1n) is 3.51. The molecule has 58 valence electrons. The van der Waals surface area contributed by atoms with Crippen LogP contribution in [0, 0.1) is 0 Å². The van der Waals surface area contributed by atoms with Crippen LogP contribution in [0.15, 0.2) is 12.7 Å². The van der Waals surface area contributed by atoms with Gasteiger partial charge in [0.15, 0.2) is 5.78 Å². The number of hydrogen-bond donors (Lipinski definition) is 0. The van der Waals surface area contributed by atoms with Gasteiger partial charge >= 0.3 is 0 Å². The van der Waals surface area contributed by atoms with Crippen LogP contribution in [0.4, 0.5) is 0 Å². The van der Waals surface area contributed by atoms with E-state index < -0.39 is 5.38 Å². The molecule has 0 aromatic heterocycles. The van der Waals surface area contributed by atoms with Gasteiger partial charge in [0.1, 0.15) is 5.38 Å². The van der Waals surface area contributed by atoms with E-state index in [1.54, 1.807) is 0 Å². The number of halogens is 1. The molecule has 2 heteroatoms. The quantitative estimate of drug-likeness (QED) is 0.446. The van der Waals surface area contributed by atoms with Gasteiger partial charge in [-0.25, -0.2) is 0 Å². The second-order valence-corrected chi connectivity index (χ2v) is 2.68. The van der Waals surface area contributed by atoms with Crippen molar-refractivity contribution < 1.29 is 4.79 Å². The summed E-state index contributed by atoms with van der Waals surface area (Å²) in [5.74, 6) is 0.0820. The molecule has 1 atom stereocenters. The maximum atomic E-state index is 10.9. The summed E-state index contributed by atoms with van der Waals surface area (Å²) >= 11 is 5.58. The number of hydrogen-bond acceptors (Lipinski definition) is 1. The molecule has 0 aliphatic carbocycles. The van der Waals surface area contributed by atoms with Crippen LogP contribution in [0.1, 0.15) is 26.2 Å². The highest BCUT2D eigenvalue weighted by atomic mass is 35.5. The van der Waals surface area contributed by atoms with Gasteiger partial charge in [-0.3, -0.25) is 4.79 Å². The largest absolute Gasteiger partial charge is 0.298 e. The third-order valence-corrected chi connectivity index (χ3v) is 1.71. The Morgan fingerprint density at radius 1 is 1.80 bits per heavy atom.